The summed E-state index contributed by atoms with van der Waals surface area (Å²) in [6.45, 7) is 5.24. The molecule has 104 valence electrons. The molecular formula is C13H24N2O3. The summed E-state index contributed by atoms with van der Waals surface area (Å²) in [7, 11) is 1.63. The van der Waals surface area contributed by atoms with Gasteiger partial charge in [0.15, 0.2) is 0 Å². The molecule has 0 aromatic carbocycles. The molecule has 2 aliphatic rings. The highest BCUT2D eigenvalue weighted by atomic mass is 16.5. The summed E-state index contributed by atoms with van der Waals surface area (Å²) in [6.07, 6.45) is 2.25. The molecule has 2 atom stereocenters. The van der Waals surface area contributed by atoms with Gasteiger partial charge >= 0.3 is 0 Å². The van der Waals surface area contributed by atoms with E-state index in [-0.39, 0.29) is 12.5 Å². The Morgan fingerprint density at radius 2 is 1.89 bits per heavy atom. The average molecular weight is 256 g/mol. The molecule has 1 N–H and O–H groups in total. The number of fused-ring (bicyclic) bond motifs is 1. The van der Waals surface area contributed by atoms with Crippen LogP contribution in [0.3, 0.4) is 0 Å². The first-order valence-electron chi connectivity index (χ1n) is 6.86. The summed E-state index contributed by atoms with van der Waals surface area (Å²) in [5.41, 5.74) is 0. The number of carbonyl (C=O) groups is 1. The van der Waals surface area contributed by atoms with E-state index in [1.54, 1.807) is 7.11 Å². The maximum absolute atomic E-state index is 12.0. The van der Waals surface area contributed by atoms with Gasteiger partial charge in [-0.3, -0.25) is 4.79 Å². The van der Waals surface area contributed by atoms with Crippen molar-refractivity contribution in [3.63, 3.8) is 0 Å². The maximum atomic E-state index is 12.0. The van der Waals surface area contributed by atoms with Gasteiger partial charge in [0.2, 0.25) is 5.91 Å². The third kappa shape index (κ3) is 3.67. The van der Waals surface area contributed by atoms with Crippen LogP contribution in [0.25, 0.3) is 0 Å². The molecule has 18 heavy (non-hydrogen) atoms. The van der Waals surface area contributed by atoms with Crippen molar-refractivity contribution in [2.24, 2.45) is 11.8 Å². The van der Waals surface area contributed by atoms with Gasteiger partial charge in [0.25, 0.3) is 0 Å². The van der Waals surface area contributed by atoms with Gasteiger partial charge < -0.3 is 19.7 Å². The van der Waals surface area contributed by atoms with E-state index in [9.17, 15) is 4.79 Å². The van der Waals surface area contributed by atoms with Gasteiger partial charge in [-0.2, -0.15) is 0 Å². The highest BCUT2D eigenvalue weighted by Gasteiger charge is 2.31. The summed E-state index contributed by atoms with van der Waals surface area (Å²) in [5, 5.41) is 3.44. The van der Waals surface area contributed by atoms with Gasteiger partial charge in [0, 0.05) is 20.2 Å². The standard InChI is InChI=1S/C13H24N2O3/c1-17-6-7-18-10-13(16)15-4-2-11-8-14-9-12(11)3-5-15/h11-12,14H,2-10H2,1H3/t11-,12+. The molecule has 5 nitrogen and oxygen atoms in total. The molecule has 2 saturated heterocycles. The van der Waals surface area contributed by atoms with Crippen LogP contribution < -0.4 is 5.32 Å². The van der Waals surface area contributed by atoms with Gasteiger partial charge in [0.05, 0.1) is 13.2 Å². The Bertz CT molecular complexity index is 259. The van der Waals surface area contributed by atoms with Crippen LogP contribution in [0.5, 0.6) is 0 Å². The Balaban J connectivity index is 1.70. The van der Waals surface area contributed by atoms with Crippen molar-refractivity contribution >= 4 is 5.91 Å². The Labute approximate surface area is 109 Å². The minimum Gasteiger partial charge on any atom is -0.382 e. The molecule has 2 aliphatic heterocycles. The lowest BCUT2D eigenvalue weighted by atomic mass is 9.92. The predicted octanol–water partition coefficient (Wildman–Crippen LogP) is 0.107. The molecule has 0 saturated carbocycles. The van der Waals surface area contributed by atoms with Crippen molar-refractivity contribution in [1.82, 2.24) is 10.2 Å². The van der Waals surface area contributed by atoms with Crippen LogP contribution in [0, 0.1) is 11.8 Å². The lowest BCUT2D eigenvalue weighted by molar-refractivity contribution is -0.136. The molecule has 0 radical (unpaired) electrons. The van der Waals surface area contributed by atoms with E-state index >= 15 is 0 Å². The fraction of sp³-hybridized carbons (Fsp3) is 0.923. The number of methoxy groups -OCH3 is 1. The molecule has 0 bridgehead atoms. The third-order valence-corrected chi connectivity index (χ3v) is 4.03. The van der Waals surface area contributed by atoms with E-state index < -0.39 is 0 Å². The number of carbonyl (C=O) groups excluding carboxylic acids is 1. The highest BCUT2D eigenvalue weighted by molar-refractivity contribution is 5.77. The number of ether oxygens (including phenoxy) is 2. The zero-order chi connectivity index (χ0) is 12.8. The fourth-order valence-electron chi connectivity index (χ4n) is 2.86. The van der Waals surface area contributed by atoms with E-state index in [1.807, 2.05) is 4.90 Å². The van der Waals surface area contributed by atoms with Crippen LogP contribution in [0.4, 0.5) is 0 Å². The third-order valence-electron chi connectivity index (χ3n) is 4.03. The molecule has 0 aliphatic carbocycles. The van der Waals surface area contributed by atoms with E-state index in [1.165, 1.54) is 0 Å². The van der Waals surface area contributed by atoms with E-state index in [0.717, 1.165) is 50.9 Å². The van der Waals surface area contributed by atoms with Crippen LogP contribution in [-0.4, -0.2) is 63.9 Å². The van der Waals surface area contributed by atoms with E-state index in [4.69, 9.17) is 9.47 Å². The monoisotopic (exact) mass is 256 g/mol. The number of hydrogen-bond donors (Lipinski definition) is 1. The summed E-state index contributed by atoms with van der Waals surface area (Å²) in [6, 6.07) is 0. The lowest BCUT2D eigenvalue weighted by Gasteiger charge is -2.20. The first-order valence-corrected chi connectivity index (χ1v) is 6.86. The topological polar surface area (TPSA) is 50.8 Å². The van der Waals surface area contributed by atoms with Gasteiger partial charge in [-0.05, 0) is 37.8 Å². The summed E-state index contributed by atoms with van der Waals surface area (Å²) >= 11 is 0. The van der Waals surface area contributed by atoms with Crippen LogP contribution in [0.2, 0.25) is 0 Å². The smallest absolute Gasteiger partial charge is 0.248 e. The average Bonchev–Trinajstić information content (AvgIpc) is 2.73. The van der Waals surface area contributed by atoms with Gasteiger partial charge in [-0.25, -0.2) is 0 Å². The minimum atomic E-state index is 0.124. The Morgan fingerprint density at radius 1 is 1.22 bits per heavy atom. The lowest BCUT2D eigenvalue weighted by Crippen LogP contribution is -2.35. The summed E-state index contributed by atoms with van der Waals surface area (Å²) in [5.74, 6) is 1.65. The van der Waals surface area contributed by atoms with Crippen molar-refractivity contribution in [2.45, 2.75) is 12.8 Å². The Kier molecular flexibility index (Phi) is 5.41. The number of hydrogen-bond acceptors (Lipinski definition) is 4. The SMILES string of the molecule is COCCOCC(=O)N1CC[C@@H]2CNC[C@@H]2CC1. The van der Waals surface area contributed by atoms with E-state index in [2.05, 4.69) is 5.32 Å². The number of rotatable bonds is 5. The van der Waals surface area contributed by atoms with Gasteiger partial charge in [-0.15, -0.1) is 0 Å². The molecule has 0 aromatic heterocycles. The van der Waals surface area contributed by atoms with Crippen LogP contribution >= 0.6 is 0 Å². The molecule has 0 unspecified atom stereocenters. The van der Waals surface area contributed by atoms with Gasteiger partial charge in [0.1, 0.15) is 6.61 Å². The highest BCUT2D eigenvalue weighted by Crippen LogP contribution is 2.26. The Morgan fingerprint density at radius 3 is 2.50 bits per heavy atom. The van der Waals surface area contributed by atoms with Crippen LogP contribution in [0.1, 0.15) is 12.8 Å². The van der Waals surface area contributed by atoms with E-state index in [0.29, 0.717) is 13.2 Å². The summed E-state index contributed by atoms with van der Waals surface area (Å²) in [4.78, 5) is 13.9. The number of nitrogens with zero attached hydrogens (tertiary/aromatic N) is 1. The minimum absolute atomic E-state index is 0.124. The van der Waals surface area contributed by atoms with Crippen molar-refractivity contribution in [3.05, 3.63) is 0 Å². The molecule has 2 fully saturated rings. The zero-order valence-electron chi connectivity index (χ0n) is 11.2. The first-order chi connectivity index (χ1) is 8.81. The Hall–Kier alpha value is -0.650. The van der Waals surface area contributed by atoms with Crippen molar-refractivity contribution in [3.8, 4) is 0 Å². The largest absolute Gasteiger partial charge is 0.382 e. The second kappa shape index (κ2) is 7.07. The first kappa shape index (κ1) is 13.8. The van der Waals surface area contributed by atoms with Crippen LogP contribution in [-0.2, 0) is 14.3 Å². The quantitative estimate of drug-likeness (QED) is 0.709. The number of amides is 1. The normalized spacial score (nSPS) is 27.9. The zero-order valence-corrected chi connectivity index (χ0v) is 11.2. The number of likely N-dealkylation sites (tertiary alicyclic amines) is 1. The summed E-state index contributed by atoms with van der Waals surface area (Å²) < 4.78 is 10.2. The van der Waals surface area contributed by atoms with Crippen molar-refractivity contribution in [2.75, 3.05) is 53.1 Å². The molecule has 0 spiro atoms. The molecule has 2 rings (SSSR count). The molecular weight excluding hydrogens is 232 g/mol. The van der Waals surface area contributed by atoms with Crippen LogP contribution in [0.15, 0.2) is 0 Å². The number of nitrogens with one attached hydrogen (secondary N) is 1. The molecule has 2 heterocycles. The second-order valence-electron chi connectivity index (χ2n) is 5.18. The van der Waals surface area contributed by atoms with Crippen molar-refractivity contribution in [1.29, 1.82) is 0 Å². The molecule has 0 aromatic rings. The second-order valence-corrected chi connectivity index (χ2v) is 5.18. The fourth-order valence-corrected chi connectivity index (χ4v) is 2.86. The van der Waals surface area contributed by atoms with Gasteiger partial charge in [-0.1, -0.05) is 0 Å². The molecule has 5 heteroatoms. The maximum Gasteiger partial charge on any atom is 0.248 e. The van der Waals surface area contributed by atoms with Crippen molar-refractivity contribution < 1.29 is 14.3 Å². The molecule has 1 amide bonds. The predicted molar refractivity (Wildman–Crippen MR) is 68.4 cm³/mol.